The minimum Gasteiger partial charge on any atom is -0.285 e. The first-order chi connectivity index (χ1) is 16.0. The fourth-order valence-electron chi connectivity index (χ4n) is 3.20. The summed E-state index contributed by atoms with van der Waals surface area (Å²) < 4.78 is 82.2. The summed E-state index contributed by atoms with van der Waals surface area (Å²) in [7, 11) is 0. The van der Waals surface area contributed by atoms with Gasteiger partial charge in [-0.05, 0) is 55.3 Å². The van der Waals surface area contributed by atoms with Gasteiger partial charge in [-0.25, -0.2) is 22.8 Å². The molecule has 11 heteroatoms. The Bertz CT molecular complexity index is 1510. The number of fused-ring (bicyclic) bond motifs is 1. The molecule has 0 aliphatic rings. The van der Waals surface area contributed by atoms with Crippen LogP contribution in [-0.2, 0) is 6.18 Å². The normalized spacial score (nSPS) is 12.4. The fraction of sp³-hybridized carbons (Fsp3) is 0.130. The number of benzene rings is 1. The summed E-state index contributed by atoms with van der Waals surface area (Å²) in [5.41, 5.74) is -2.22. The van der Waals surface area contributed by atoms with Crippen LogP contribution in [-0.4, -0.2) is 19.7 Å². The van der Waals surface area contributed by atoms with Gasteiger partial charge in [-0.15, -0.1) is 0 Å². The number of hydrogen-bond acceptors (Lipinski definition) is 4. The van der Waals surface area contributed by atoms with Crippen molar-refractivity contribution >= 4 is 22.9 Å². The van der Waals surface area contributed by atoms with Crippen molar-refractivity contribution in [2.75, 3.05) is 0 Å². The molecule has 0 N–H and O–H groups in total. The van der Waals surface area contributed by atoms with E-state index in [0.717, 1.165) is 35.2 Å². The molecule has 0 atom stereocenters. The monoisotopic (exact) mass is 476 g/mol. The Morgan fingerprint density at radius 2 is 1.79 bits per heavy atom. The second-order valence-corrected chi connectivity index (χ2v) is 7.41. The lowest BCUT2D eigenvalue weighted by Crippen LogP contribution is -2.19. The van der Waals surface area contributed by atoms with E-state index >= 15 is 4.39 Å². The third-order valence-corrected chi connectivity index (χ3v) is 5.04. The highest BCUT2D eigenvalue weighted by molar-refractivity contribution is 5.82. The second-order valence-electron chi connectivity index (χ2n) is 7.41. The Morgan fingerprint density at radius 3 is 2.41 bits per heavy atom. The molecule has 0 radical (unpaired) electrons. The molecule has 0 saturated heterocycles. The van der Waals surface area contributed by atoms with Crippen LogP contribution in [0.15, 0.2) is 47.4 Å². The summed E-state index contributed by atoms with van der Waals surface area (Å²) in [5, 5.41) is 3.94. The van der Waals surface area contributed by atoms with Gasteiger partial charge in [0, 0.05) is 18.0 Å². The van der Waals surface area contributed by atoms with Crippen LogP contribution >= 0.6 is 0 Å². The molecule has 3 aromatic heterocycles. The van der Waals surface area contributed by atoms with Crippen molar-refractivity contribution < 1.29 is 26.3 Å². The summed E-state index contributed by atoms with van der Waals surface area (Å²) in [4.78, 5) is 20.4. The van der Waals surface area contributed by atoms with Crippen LogP contribution in [0.3, 0.4) is 0 Å². The average molecular weight is 476 g/mol. The molecule has 0 bridgehead atoms. The van der Waals surface area contributed by atoms with Crippen LogP contribution in [0.5, 0.6) is 0 Å². The molecule has 1 aromatic carbocycles. The van der Waals surface area contributed by atoms with E-state index in [1.807, 2.05) is 0 Å². The predicted molar refractivity (Wildman–Crippen MR) is 113 cm³/mol. The Kier molecular flexibility index (Phi) is 5.72. The molecule has 0 aliphatic heterocycles. The van der Waals surface area contributed by atoms with Gasteiger partial charge in [0.15, 0.2) is 17.3 Å². The predicted octanol–water partition coefficient (Wildman–Crippen LogP) is 5.56. The quantitative estimate of drug-likeness (QED) is 0.364. The van der Waals surface area contributed by atoms with Crippen molar-refractivity contribution in [1.29, 1.82) is 0 Å². The first-order valence-electron chi connectivity index (χ1n) is 9.73. The Labute approximate surface area is 188 Å². The number of nitrogens with zero attached hydrogens (tertiary/aromatic N) is 4. The standard InChI is InChI=1S/C23H14F6N4O/c1-11-7-18-21(31-12(11)2)22(34)20(32-33(18)17-5-4-14(24)9-15(17)25)16(26)8-13-3-6-19(30-10-13)23(27,28)29/h3-10H,1-2H3/b16-8-. The van der Waals surface area contributed by atoms with Crippen molar-refractivity contribution in [2.45, 2.75) is 20.0 Å². The van der Waals surface area contributed by atoms with E-state index < -0.39 is 40.5 Å². The van der Waals surface area contributed by atoms with Gasteiger partial charge in [-0.2, -0.15) is 18.3 Å². The van der Waals surface area contributed by atoms with Crippen molar-refractivity contribution in [2.24, 2.45) is 0 Å². The zero-order valence-electron chi connectivity index (χ0n) is 17.6. The van der Waals surface area contributed by atoms with Gasteiger partial charge in [0.2, 0.25) is 5.43 Å². The molecular formula is C23H14F6N4O. The lowest BCUT2D eigenvalue weighted by molar-refractivity contribution is -0.141. The van der Waals surface area contributed by atoms with Crippen LogP contribution in [0.25, 0.3) is 28.6 Å². The van der Waals surface area contributed by atoms with Crippen molar-refractivity contribution in [1.82, 2.24) is 19.7 Å². The van der Waals surface area contributed by atoms with E-state index in [0.29, 0.717) is 23.4 Å². The lowest BCUT2D eigenvalue weighted by Gasteiger charge is -2.13. The van der Waals surface area contributed by atoms with E-state index in [-0.39, 0.29) is 22.3 Å². The third kappa shape index (κ3) is 4.28. The molecule has 0 saturated carbocycles. The van der Waals surface area contributed by atoms with Crippen LogP contribution in [0.4, 0.5) is 26.3 Å². The SMILES string of the molecule is Cc1cc2c(nc1C)c(=O)c(/C(F)=C/c1ccc(C(F)(F)F)nc1)nn2-c1ccc(F)cc1F. The average Bonchev–Trinajstić information content (AvgIpc) is 2.76. The summed E-state index contributed by atoms with van der Waals surface area (Å²) in [5.74, 6) is -3.07. The summed E-state index contributed by atoms with van der Waals surface area (Å²) in [6.45, 7) is 3.32. The number of rotatable bonds is 3. The largest absolute Gasteiger partial charge is 0.433 e. The molecule has 174 valence electrons. The molecule has 0 fully saturated rings. The number of alkyl halides is 3. The molecule has 0 spiro atoms. The van der Waals surface area contributed by atoms with Gasteiger partial charge in [0.05, 0.1) is 5.52 Å². The van der Waals surface area contributed by atoms with Crippen molar-refractivity contribution in [3.63, 3.8) is 0 Å². The topological polar surface area (TPSA) is 60.7 Å². The van der Waals surface area contributed by atoms with E-state index in [1.54, 1.807) is 13.8 Å². The first-order valence-corrected chi connectivity index (χ1v) is 9.73. The molecular weight excluding hydrogens is 462 g/mol. The summed E-state index contributed by atoms with van der Waals surface area (Å²) >= 11 is 0. The number of hydrogen-bond donors (Lipinski definition) is 0. The van der Waals surface area contributed by atoms with Gasteiger partial charge in [-0.3, -0.25) is 9.78 Å². The number of halogens is 6. The number of aromatic nitrogens is 4. The van der Waals surface area contributed by atoms with Gasteiger partial charge in [0.25, 0.3) is 0 Å². The lowest BCUT2D eigenvalue weighted by atomic mass is 10.1. The third-order valence-electron chi connectivity index (χ3n) is 5.04. The Morgan fingerprint density at radius 1 is 1.06 bits per heavy atom. The van der Waals surface area contributed by atoms with Crippen LogP contribution in [0.2, 0.25) is 0 Å². The second kappa shape index (κ2) is 8.40. The first kappa shape index (κ1) is 23.1. The summed E-state index contributed by atoms with van der Waals surface area (Å²) in [6, 6.07) is 5.79. The molecule has 3 heterocycles. The molecule has 4 aromatic rings. The fourth-order valence-corrected chi connectivity index (χ4v) is 3.20. The van der Waals surface area contributed by atoms with Crippen molar-refractivity contribution in [3.05, 3.63) is 92.7 Å². The maximum Gasteiger partial charge on any atom is 0.433 e. The highest BCUT2D eigenvalue weighted by Gasteiger charge is 2.32. The maximum absolute atomic E-state index is 15.1. The Balaban J connectivity index is 1.94. The number of aryl methyl sites for hydroxylation is 2. The van der Waals surface area contributed by atoms with Gasteiger partial charge < -0.3 is 0 Å². The maximum atomic E-state index is 15.1. The van der Waals surface area contributed by atoms with E-state index in [2.05, 4.69) is 15.1 Å². The van der Waals surface area contributed by atoms with Crippen LogP contribution in [0.1, 0.15) is 28.2 Å². The Hall–Kier alpha value is -4.02. The summed E-state index contributed by atoms with van der Waals surface area (Å²) in [6.07, 6.45) is -3.11. The van der Waals surface area contributed by atoms with Crippen LogP contribution in [0, 0.1) is 25.5 Å². The van der Waals surface area contributed by atoms with E-state index in [4.69, 9.17) is 0 Å². The minimum atomic E-state index is -4.67. The highest BCUT2D eigenvalue weighted by atomic mass is 19.4. The smallest absolute Gasteiger partial charge is 0.285 e. The number of pyridine rings is 2. The van der Waals surface area contributed by atoms with Crippen LogP contribution < -0.4 is 5.43 Å². The zero-order chi connectivity index (χ0) is 24.8. The molecule has 0 aliphatic carbocycles. The zero-order valence-corrected chi connectivity index (χ0v) is 17.6. The minimum absolute atomic E-state index is 0.0614. The van der Waals surface area contributed by atoms with Crippen molar-refractivity contribution in [3.8, 4) is 5.69 Å². The van der Waals surface area contributed by atoms with Gasteiger partial charge in [0.1, 0.15) is 22.7 Å². The highest BCUT2D eigenvalue weighted by Crippen LogP contribution is 2.28. The molecule has 5 nitrogen and oxygen atoms in total. The molecule has 4 rings (SSSR count). The molecule has 34 heavy (non-hydrogen) atoms. The van der Waals surface area contributed by atoms with Gasteiger partial charge >= 0.3 is 6.18 Å². The van der Waals surface area contributed by atoms with E-state index in [9.17, 15) is 26.7 Å². The molecule has 0 unspecified atom stereocenters. The molecule has 0 amide bonds. The van der Waals surface area contributed by atoms with Gasteiger partial charge in [-0.1, -0.05) is 6.07 Å². The van der Waals surface area contributed by atoms with E-state index in [1.165, 1.54) is 6.07 Å².